The highest BCUT2D eigenvalue weighted by Crippen LogP contribution is 2.34. The number of aliphatic hydroxyl groups excluding tert-OH is 1. The summed E-state index contributed by atoms with van der Waals surface area (Å²) < 4.78 is 21.2. The summed E-state index contributed by atoms with van der Waals surface area (Å²) in [7, 11) is 2.77. The molecule has 0 aromatic carbocycles. The average Bonchev–Trinajstić information content (AvgIpc) is 2.63. The summed E-state index contributed by atoms with van der Waals surface area (Å²) in [5, 5.41) is 10.2. The number of carbonyl (C=O) groups excluding carboxylic acids is 1. The Labute approximate surface area is 114 Å². The van der Waals surface area contributed by atoms with Crippen LogP contribution in [0.15, 0.2) is 0 Å². The van der Waals surface area contributed by atoms with Crippen LogP contribution in [0.4, 0.5) is 0 Å². The van der Waals surface area contributed by atoms with Gasteiger partial charge in [-0.2, -0.15) is 0 Å². The van der Waals surface area contributed by atoms with Crippen molar-refractivity contribution in [3.63, 3.8) is 0 Å². The molecule has 0 saturated carbocycles. The Morgan fingerprint density at radius 1 is 1.37 bits per heavy atom. The normalized spacial score (nSPS) is 28.4. The van der Waals surface area contributed by atoms with Crippen LogP contribution in [0.1, 0.15) is 34.1 Å². The van der Waals surface area contributed by atoms with Crippen LogP contribution in [0.25, 0.3) is 0 Å². The van der Waals surface area contributed by atoms with Gasteiger partial charge in [0, 0.05) is 20.6 Å². The number of hydrogen-bond acceptors (Lipinski definition) is 6. The second-order valence-corrected chi connectivity index (χ2v) is 5.60. The topological polar surface area (TPSA) is 74.2 Å². The summed E-state index contributed by atoms with van der Waals surface area (Å²) in [4.78, 5) is 12.1. The van der Waals surface area contributed by atoms with Crippen molar-refractivity contribution in [2.75, 3.05) is 20.8 Å². The van der Waals surface area contributed by atoms with E-state index in [9.17, 15) is 9.90 Å². The Balaban J connectivity index is 2.70. The van der Waals surface area contributed by atoms with Gasteiger partial charge in [-0.3, -0.25) is 4.79 Å². The molecule has 6 nitrogen and oxygen atoms in total. The maximum Gasteiger partial charge on any atom is 0.225 e. The predicted octanol–water partition coefficient (Wildman–Crippen LogP) is 0.857. The minimum Gasteiger partial charge on any atom is -0.390 e. The van der Waals surface area contributed by atoms with E-state index in [1.165, 1.54) is 21.1 Å². The highest BCUT2D eigenvalue weighted by molar-refractivity contribution is 5.86. The van der Waals surface area contributed by atoms with Crippen molar-refractivity contribution in [3.05, 3.63) is 0 Å². The van der Waals surface area contributed by atoms with Crippen LogP contribution >= 0.6 is 0 Å². The summed E-state index contributed by atoms with van der Waals surface area (Å²) in [6.07, 6.45) is -1.12. The zero-order valence-electron chi connectivity index (χ0n) is 12.5. The van der Waals surface area contributed by atoms with Gasteiger partial charge >= 0.3 is 0 Å². The van der Waals surface area contributed by atoms with E-state index in [0.717, 1.165) is 0 Å². The molecule has 19 heavy (non-hydrogen) atoms. The van der Waals surface area contributed by atoms with E-state index >= 15 is 0 Å². The predicted molar refractivity (Wildman–Crippen MR) is 67.6 cm³/mol. The van der Waals surface area contributed by atoms with Gasteiger partial charge in [0.15, 0.2) is 11.6 Å². The van der Waals surface area contributed by atoms with E-state index in [2.05, 4.69) is 0 Å². The van der Waals surface area contributed by atoms with Crippen molar-refractivity contribution < 1.29 is 28.8 Å². The molecule has 0 aliphatic carbocycles. The van der Waals surface area contributed by atoms with Gasteiger partial charge < -0.3 is 24.1 Å². The summed E-state index contributed by atoms with van der Waals surface area (Å²) >= 11 is 0. The smallest absolute Gasteiger partial charge is 0.225 e. The summed E-state index contributed by atoms with van der Waals surface area (Å²) in [5.41, 5.74) is -0.915. The molecular formula is C13H24O6. The summed E-state index contributed by atoms with van der Waals surface area (Å²) in [5.74, 6) is -2.46. The fourth-order valence-electron chi connectivity index (χ4n) is 1.99. The van der Waals surface area contributed by atoms with Crippen LogP contribution in [0.2, 0.25) is 0 Å². The van der Waals surface area contributed by atoms with Crippen LogP contribution in [0.5, 0.6) is 0 Å². The molecule has 1 N–H and O–H groups in total. The molecule has 2 unspecified atom stereocenters. The third-order valence-corrected chi connectivity index (χ3v) is 3.55. The first kappa shape index (κ1) is 16.5. The zero-order chi connectivity index (χ0) is 14.9. The molecule has 112 valence electrons. The number of aliphatic hydroxyl groups is 1. The lowest BCUT2D eigenvalue weighted by atomic mass is 9.93. The van der Waals surface area contributed by atoms with Crippen LogP contribution < -0.4 is 0 Å². The molecule has 2 atom stereocenters. The Morgan fingerprint density at radius 2 is 1.89 bits per heavy atom. The number of Topliss-reactive ketones (excluding diaryl/α,β-unsaturated/α-hetero) is 1. The van der Waals surface area contributed by atoms with Crippen molar-refractivity contribution in [3.8, 4) is 0 Å². The van der Waals surface area contributed by atoms with E-state index < -0.39 is 23.3 Å². The van der Waals surface area contributed by atoms with Gasteiger partial charge in [-0.25, -0.2) is 0 Å². The van der Waals surface area contributed by atoms with Gasteiger partial charge in [0.1, 0.15) is 5.60 Å². The van der Waals surface area contributed by atoms with Crippen LogP contribution in [0.3, 0.4) is 0 Å². The zero-order valence-corrected chi connectivity index (χ0v) is 12.5. The van der Waals surface area contributed by atoms with Crippen molar-refractivity contribution in [1.82, 2.24) is 0 Å². The Kier molecular flexibility index (Phi) is 4.75. The minimum absolute atomic E-state index is 0.131. The average molecular weight is 276 g/mol. The molecule has 0 spiro atoms. The maximum absolute atomic E-state index is 12.1. The molecule has 0 radical (unpaired) electrons. The first-order chi connectivity index (χ1) is 8.58. The van der Waals surface area contributed by atoms with Crippen molar-refractivity contribution in [2.24, 2.45) is 0 Å². The third-order valence-electron chi connectivity index (χ3n) is 3.55. The number of rotatable bonds is 6. The fraction of sp³-hybridized carbons (Fsp3) is 0.923. The third kappa shape index (κ3) is 3.52. The second kappa shape index (κ2) is 5.46. The molecule has 0 aromatic heterocycles. The Hall–Kier alpha value is -0.530. The lowest BCUT2D eigenvalue weighted by molar-refractivity contribution is -0.206. The van der Waals surface area contributed by atoms with Crippen molar-refractivity contribution in [1.29, 1.82) is 0 Å². The van der Waals surface area contributed by atoms with Crippen LogP contribution in [-0.4, -0.2) is 55.0 Å². The number of methoxy groups -OCH3 is 2. The van der Waals surface area contributed by atoms with E-state index in [-0.39, 0.29) is 18.8 Å². The lowest BCUT2D eigenvalue weighted by Crippen LogP contribution is -2.48. The number of ketones is 1. The lowest BCUT2D eigenvalue weighted by Gasteiger charge is -2.32. The van der Waals surface area contributed by atoms with Gasteiger partial charge in [0.25, 0.3) is 0 Å². The number of ether oxygens (including phenoxy) is 4. The molecule has 0 aromatic rings. The minimum atomic E-state index is -1.35. The van der Waals surface area contributed by atoms with Crippen LogP contribution in [0, 0.1) is 0 Å². The van der Waals surface area contributed by atoms with E-state index in [1.807, 2.05) is 0 Å². The Morgan fingerprint density at radius 3 is 2.26 bits per heavy atom. The molecule has 1 fully saturated rings. The van der Waals surface area contributed by atoms with Gasteiger partial charge in [-0.05, 0) is 27.7 Å². The fourth-order valence-corrected chi connectivity index (χ4v) is 1.99. The summed E-state index contributed by atoms with van der Waals surface area (Å²) in [6.45, 7) is 6.99. The first-order valence-electron chi connectivity index (χ1n) is 6.24. The highest BCUT2D eigenvalue weighted by Gasteiger charge is 2.48. The largest absolute Gasteiger partial charge is 0.390 e. The molecule has 1 saturated heterocycles. The SMILES string of the molecule is COC(C)(OC)C(=O)CC(O)C1(C)COC(C)(C)O1. The molecule has 1 heterocycles. The van der Waals surface area contributed by atoms with Gasteiger partial charge in [-0.15, -0.1) is 0 Å². The monoisotopic (exact) mass is 276 g/mol. The van der Waals surface area contributed by atoms with Crippen LogP contribution in [-0.2, 0) is 23.7 Å². The highest BCUT2D eigenvalue weighted by atomic mass is 16.8. The molecule has 0 amide bonds. The number of carbonyl (C=O) groups is 1. The van der Waals surface area contributed by atoms with Gasteiger partial charge in [-0.1, -0.05) is 0 Å². The van der Waals surface area contributed by atoms with E-state index in [0.29, 0.717) is 0 Å². The van der Waals surface area contributed by atoms with E-state index in [4.69, 9.17) is 18.9 Å². The quantitative estimate of drug-likeness (QED) is 0.725. The Bertz CT molecular complexity index is 336. The molecule has 6 heteroatoms. The van der Waals surface area contributed by atoms with Gasteiger partial charge in [0.05, 0.1) is 12.7 Å². The standard InChI is InChI=1S/C13H24O6/c1-11(2)18-8-12(3,19-11)9(14)7-10(15)13(4,16-5)17-6/h9,14H,7-8H2,1-6H3. The molecule has 1 aliphatic heterocycles. The maximum atomic E-state index is 12.1. The second-order valence-electron chi connectivity index (χ2n) is 5.60. The number of hydrogen-bond donors (Lipinski definition) is 1. The molecule has 0 bridgehead atoms. The molecule has 1 rings (SSSR count). The molecule has 1 aliphatic rings. The van der Waals surface area contributed by atoms with Crippen molar-refractivity contribution in [2.45, 2.75) is 57.4 Å². The molecular weight excluding hydrogens is 252 g/mol. The summed E-state index contributed by atoms with van der Waals surface area (Å²) in [6, 6.07) is 0. The van der Waals surface area contributed by atoms with Crippen molar-refractivity contribution >= 4 is 5.78 Å². The van der Waals surface area contributed by atoms with Gasteiger partial charge in [0.2, 0.25) is 5.79 Å². The first-order valence-corrected chi connectivity index (χ1v) is 6.24. The van der Waals surface area contributed by atoms with E-state index in [1.54, 1.807) is 20.8 Å².